The SMILES string of the molecule is [CH]OCCn1c(=O)n(CCO[CH])c(=O)n(CCO[CH])c1=O. The van der Waals surface area contributed by atoms with Gasteiger partial charge < -0.3 is 14.2 Å². The Morgan fingerprint density at radius 2 is 0.857 bits per heavy atom. The number of aromatic nitrogens is 3. The molecule has 114 valence electrons. The van der Waals surface area contributed by atoms with Gasteiger partial charge in [0.25, 0.3) is 0 Å². The van der Waals surface area contributed by atoms with Crippen molar-refractivity contribution >= 4 is 0 Å². The molecule has 0 saturated carbocycles. The van der Waals surface area contributed by atoms with E-state index < -0.39 is 17.1 Å². The fourth-order valence-electron chi connectivity index (χ4n) is 1.69. The van der Waals surface area contributed by atoms with Gasteiger partial charge in [-0.15, -0.1) is 0 Å². The summed E-state index contributed by atoms with van der Waals surface area (Å²) in [6, 6.07) is 0. The molecule has 1 heterocycles. The van der Waals surface area contributed by atoms with E-state index in [9.17, 15) is 14.4 Å². The van der Waals surface area contributed by atoms with Crippen LogP contribution in [0.1, 0.15) is 0 Å². The van der Waals surface area contributed by atoms with Gasteiger partial charge in [0, 0.05) is 0 Å². The molecule has 0 fully saturated rings. The fraction of sp³-hybridized carbons (Fsp3) is 0.500. The number of ether oxygens (including phenoxy) is 3. The predicted octanol–water partition coefficient (Wildman–Crippen LogP) is -1.77. The molecule has 0 aliphatic carbocycles. The summed E-state index contributed by atoms with van der Waals surface area (Å²) in [4.78, 5) is 36.3. The summed E-state index contributed by atoms with van der Waals surface area (Å²) in [5, 5.41) is 0. The molecular formula is C12H15N3O6. The van der Waals surface area contributed by atoms with Crippen LogP contribution in [0.4, 0.5) is 0 Å². The quantitative estimate of drug-likeness (QED) is 0.535. The van der Waals surface area contributed by atoms with Crippen LogP contribution in [0.15, 0.2) is 14.4 Å². The summed E-state index contributed by atoms with van der Waals surface area (Å²) in [5.74, 6) is 0. The molecule has 0 atom stereocenters. The van der Waals surface area contributed by atoms with E-state index in [-0.39, 0.29) is 39.5 Å². The molecule has 0 amide bonds. The largest absolute Gasteiger partial charge is 0.371 e. The molecule has 0 N–H and O–H groups in total. The Morgan fingerprint density at radius 3 is 1.05 bits per heavy atom. The normalized spacial score (nSPS) is 11.0. The van der Waals surface area contributed by atoms with Gasteiger partial charge in [0.05, 0.1) is 39.5 Å². The predicted molar refractivity (Wildman–Crippen MR) is 70.0 cm³/mol. The third-order valence-corrected chi connectivity index (χ3v) is 2.68. The maximum atomic E-state index is 12.1. The third kappa shape index (κ3) is 4.13. The van der Waals surface area contributed by atoms with Crippen molar-refractivity contribution in [3.63, 3.8) is 0 Å². The number of hydrogen-bond donors (Lipinski definition) is 0. The lowest BCUT2D eigenvalue weighted by molar-refractivity contribution is 0.201. The van der Waals surface area contributed by atoms with Crippen molar-refractivity contribution in [1.82, 2.24) is 13.7 Å². The standard InChI is InChI=1S/C12H15N3O6/c1-19-7-4-13-10(16)14(5-8-20-2)12(18)15(11(13)17)6-9-21-3/h1-3H,4-9H2. The molecule has 0 saturated heterocycles. The molecule has 0 spiro atoms. The maximum Gasteiger partial charge on any atom is 0.336 e. The Balaban J connectivity index is 3.39. The first-order valence-electron chi connectivity index (χ1n) is 5.98. The number of nitrogens with zero attached hydrogens (tertiary/aromatic N) is 3. The Morgan fingerprint density at radius 1 is 0.619 bits per heavy atom. The molecule has 9 nitrogen and oxygen atoms in total. The topological polar surface area (TPSA) is 93.7 Å². The minimum absolute atomic E-state index is 0.0753. The van der Waals surface area contributed by atoms with Gasteiger partial charge >= 0.3 is 17.1 Å². The molecule has 1 rings (SSSR count). The van der Waals surface area contributed by atoms with E-state index in [2.05, 4.69) is 14.2 Å². The first-order chi connectivity index (χ1) is 10.1. The van der Waals surface area contributed by atoms with E-state index in [1.165, 1.54) is 0 Å². The smallest absolute Gasteiger partial charge is 0.336 e. The Hall–Kier alpha value is -1.71. The van der Waals surface area contributed by atoms with Gasteiger partial charge in [-0.1, -0.05) is 0 Å². The second-order valence-electron chi connectivity index (χ2n) is 3.92. The van der Waals surface area contributed by atoms with Crippen LogP contribution in [0, 0.1) is 21.3 Å². The molecule has 1 aromatic rings. The third-order valence-electron chi connectivity index (χ3n) is 2.68. The van der Waals surface area contributed by atoms with Crippen LogP contribution < -0.4 is 17.1 Å². The van der Waals surface area contributed by atoms with Crippen molar-refractivity contribution in [3.8, 4) is 0 Å². The lowest BCUT2D eigenvalue weighted by Gasteiger charge is -2.13. The second-order valence-corrected chi connectivity index (χ2v) is 3.92. The van der Waals surface area contributed by atoms with Crippen LogP contribution in [-0.4, -0.2) is 33.5 Å². The highest BCUT2D eigenvalue weighted by atomic mass is 16.5. The summed E-state index contributed by atoms with van der Waals surface area (Å²) in [5.41, 5.74) is -2.41. The van der Waals surface area contributed by atoms with Gasteiger partial charge in [0.15, 0.2) is 0 Å². The van der Waals surface area contributed by atoms with E-state index in [0.717, 1.165) is 13.7 Å². The Bertz CT molecular complexity index is 499. The lowest BCUT2D eigenvalue weighted by atomic mass is 10.6. The molecule has 0 aliphatic heterocycles. The zero-order valence-electron chi connectivity index (χ0n) is 11.3. The van der Waals surface area contributed by atoms with Crippen molar-refractivity contribution < 1.29 is 14.2 Å². The average Bonchev–Trinajstić information content (AvgIpc) is 2.47. The van der Waals surface area contributed by atoms with E-state index in [1.54, 1.807) is 0 Å². The molecule has 6 radical (unpaired) electrons. The highest BCUT2D eigenvalue weighted by Gasteiger charge is 2.14. The van der Waals surface area contributed by atoms with Crippen molar-refractivity contribution in [2.24, 2.45) is 0 Å². The zero-order chi connectivity index (χ0) is 15.8. The van der Waals surface area contributed by atoms with Gasteiger partial charge in [-0.05, 0) is 0 Å². The first kappa shape index (κ1) is 17.3. The van der Waals surface area contributed by atoms with Crippen molar-refractivity contribution in [3.05, 3.63) is 52.8 Å². The van der Waals surface area contributed by atoms with E-state index in [0.29, 0.717) is 0 Å². The minimum atomic E-state index is -0.802. The second kappa shape index (κ2) is 8.55. The van der Waals surface area contributed by atoms with Crippen LogP contribution in [0.5, 0.6) is 0 Å². The minimum Gasteiger partial charge on any atom is -0.371 e. The molecule has 21 heavy (non-hydrogen) atoms. The molecular weight excluding hydrogens is 282 g/mol. The van der Waals surface area contributed by atoms with Crippen molar-refractivity contribution in [2.75, 3.05) is 19.8 Å². The van der Waals surface area contributed by atoms with Crippen LogP contribution in [0.25, 0.3) is 0 Å². The summed E-state index contributed by atoms with van der Waals surface area (Å²) < 4.78 is 15.5. The van der Waals surface area contributed by atoms with Crippen molar-refractivity contribution in [2.45, 2.75) is 19.6 Å². The average molecular weight is 297 g/mol. The number of rotatable bonds is 9. The Kier molecular flexibility index (Phi) is 7.06. The highest BCUT2D eigenvalue weighted by molar-refractivity contribution is 4.79. The van der Waals surface area contributed by atoms with E-state index in [1.807, 2.05) is 0 Å². The van der Waals surface area contributed by atoms with E-state index >= 15 is 0 Å². The summed E-state index contributed by atoms with van der Waals surface area (Å²) >= 11 is 0. The van der Waals surface area contributed by atoms with Gasteiger partial charge in [-0.25, -0.2) is 28.1 Å². The van der Waals surface area contributed by atoms with Gasteiger partial charge in [0.2, 0.25) is 0 Å². The first-order valence-corrected chi connectivity index (χ1v) is 5.98. The molecule has 0 unspecified atom stereocenters. The summed E-state index contributed by atoms with van der Waals surface area (Å²) in [7, 11) is 14.6. The van der Waals surface area contributed by atoms with Crippen LogP contribution in [0.2, 0.25) is 0 Å². The molecule has 9 heteroatoms. The van der Waals surface area contributed by atoms with Gasteiger partial charge in [-0.2, -0.15) is 0 Å². The molecule has 0 bridgehead atoms. The zero-order valence-corrected chi connectivity index (χ0v) is 11.3. The highest BCUT2D eigenvalue weighted by Crippen LogP contribution is 1.81. The lowest BCUT2D eigenvalue weighted by Crippen LogP contribution is -2.55. The molecule has 1 aromatic heterocycles. The fourth-order valence-corrected chi connectivity index (χ4v) is 1.69. The monoisotopic (exact) mass is 297 g/mol. The van der Waals surface area contributed by atoms with E-state index in [4.69, 9.17) is 21.3 Å². The number of hydrogen-bond acceptors (Lipinski definition) is 6. The van der Waals surface area contributed by atoms with Crippen LogP contribution in [0.3, 0.4) is 0 Å². The maximum absolute atomic E-state index is 12.1. The van der Waals surface area contributed by atoms with Crippen LogP contribution in [-0.2, 0) is 33.8 Å². The van der Waals surface area contributed by atoms with Gasteiger partial charge in [0.1, 0.15) is 21.3 Å². The molecule has 0 aliphatic rings. The Labute approximate surface area is 121 Å². The summed E-state index contributed by atoms with van der Waals surface area (Å²) in [6.45, 7) is -0.555. The van der Waals surface area contributed by atoms with Crippen LogP contribution >= 0.6 is 0 Å². The molecule has 0 aromatic carbocycles. The van der Waals surface area contributed by atoms with Gasteiger partial charge in [-0.3, -0.25) is 0 Å². The van der Waals surface area contributed by atoms with Crippen molar-refractivity contribution in [1.29, 1.82) is 0 Å². The summed E-state index contributed by atoms with van der Waals surface area (Å²) in [6.07, 6.45) is 0.